The third kappa shape index (κ3) is 2.38. The Bertz CT molecular complexity index is 307. The normalized spacial score (nSPS) is 22.2. The van der Waals surface area contributed by atoms with Gasteiger partial charge in [-0.15, -0.1) is 0 Å². The Balaban J connectivity index is 2.73. The summed E-state index contributed by atoms with van der Waals surface area (Å²) in [7, 11) is 0. The molecule has 1 rings (SSSR count). The molecule has 5 heteroatoms. The van der Waals surface area contributed by atoms with Crippen molar-refractivity contribution in [2.24, 2.45) is 5.41 Å². The third-order valence-electron chi connectivity index (χ3n) is 3.43. The van der Waals surface area contributed by atoms with Gasteiger partial charge < -0.3 is 15.0 Å². The molecule has 16 heavy (non-hydrogen) atoms. The lowest BCUT2D eigenvalue weighted by molar-refractivity contribution is -0.277. The highest BCUT2D eigenvalue weighted by Gasteiger charge is 2.45. The summed E-state index contributed by atoms with van der Waals surface area (Å²) in [5.74, 6) is -1.78. The van der Waals surface area contributed by atoms with Crippen LogP contribution in [0.5, 0.6) is 0 Å². The number of Topliss-reactive ketones (excluding diaryl/α,β-unsaturated/α-hetero) is 1. The van der Waals surface area contributed by atoms with Crippen molar-refractivity contribution in [2.75, 3.05) is 13.2 Å². The Morgan fingerprint density at radius 1 is 1.38 bits per heavy atom. The van der Waals surface area contributed by atoms with Crippen LogP contribution in [0.4, 0.5) is 0 Å². The van der Waals surface area contributed by atoms with Crippen molar-refractivity contribution in [3.63, 3.8) is 0 Å². The van der Waals surface area contributed by atoms with E-state index in [0.29, 0.717) is 13.2 Å². The zero-order valence-electron chi connectivity index (χ0n) is 10.0. The topological polar surface area (TPSA) is 71.9 Å². The number of nitrogens with zero attached hydrogens (tertiary/aromatic N) is 2. The van der Waals surface area contributed by atoms with E-state index in [0.717, 1.165) is 19.1 Å². The molecule has 90 valence electrons. The molecule has 0 atom stereocenters. The Morgan fingerprint density at radius 2 is 1.88 bits per heavy atom. The van der Waals surface area contributed by atoms with Gasteiger partial charge in [-0.1, -0.05) is 13.8 Å². The van der Waals surface area contributed by atoms with Gasteiger partial charge in [0.15, 0.2) is 0 Å². The maximum Gasteiger partial charge on any atom is 0.328 e. The molecular formula is C11H18N2O3. The number of carbonyl (C=O) groups is 1. The van der Waals surface area contributed by atoms with Crippen molar-refractivity contribution >= 4 is 12.0 Å². The van der Waals surface area contributed by atoms with E-state index in [9.17, 15) is 4.79 Å². The van der Waals surface area contributed by atoms with Crippen molar-refractivity contribution in [1.29, 1.82) is 0 Å². The van der Waals surface area contributed by atoms with Crippen LogP contribution in [-0.2, 0) is 14.3 Å². The molecule has 0 unspecified atom stereocenters. The highest BCUT2D eigenvalue weighted by atomic mass is 16.7. The van der Waals surface area contributed by atoms with Crippen molar-refractivity contribution in [2.45, 2.75) is 39.4 Å². The lowest BCUT2D eigenvalue weighted by Gasteiger charge is -2.42. The largest absolute Gasteiger partial charge is 0.361 e. The summed E-state index contributed by atoms with van der Waals surface area (Å²) < 4.78 is 11.0. The van der Waals surface area contributed by atoms with Crippen LogP contribution in [0.15, 0.2) is 0 Å². The van der Waals surface area contributed by atoms with Gasteiger partial charge in [-0.3, -0.25) is 4.79 Å². The van der Waals surface area contributed by atoms with Crippen LogP contribution in [-0.4, -0.2) is 35.8 Å². The van der Waals surface area contributed by atoms with Crippen molar-refractivity contribution in [3.05, 3.63) is 5.53 Å². The van der Waals surface area contributed by atoms with Crippen LogP contribution in [0.2, 0.25) is 0 Å². The Hall–Kier alpha value is -1.03. The highest BCUT2D eigenvalue weighted by molar-refractivity contribution is 6.28. The van der Waals surface area contributed by atoms with Gasteiger partial charge in [0.2, 0.25) is 5.79 Å². The Labute approximate surface area is 95.4 Å². The fraction of sp³-hybridized carbons (Fsp3) is 0.818. The third-order valence-corrected chi connectivity index (χ3v) is 3.43. The Kier molecular flexibility index (Phi) is 3.97. The molecule has 0 saturated carbocycles. The number of ketones is 1. The molecule has 1 fully saturated rings. The Morgan fingerprint density at radius 3 is 2.25 bits per heavy atom. The second-order valence-corrected chi connectivity index (χ2v) is 4.34. The summed E-state index contributed by atoms with van der Waals surface area (Å²) in [4.78, 5) is 14.2. The second-order valence-electron chi connectivity index (χ2n) is 4.34. The molecule has 5 nitrogen and oxygen atoms in total. The van der Waals surface area contributed by atoms with E-state index in [4.69, 9.17) is 15.0 Å². The molecule has 0 aromatic rings. The number of carbonyl (C=O) groups excluding carboxylic acids is 1. The van der Waals surface area contributed by atoms with E-state index < -0.39 is 11.6 Å². The number of ether oxygens (including phenoxy) is 2. The molecule has 1 aliphatic rings. The average Bonchev–Trinajstić information content (AvgIpc) is 2.31. The number of rotatable bonds is 4. The molecule has 0 aromatic heterocycles. The van der Waals surface area contributed by atoms with Gasteiger partial charge in [-0.25, -0.2) is 0 Å². The first-order valence-corrected chi connectivity index (χ1v) is 5.52. The SMILES string of the molecule is CCC1(CC)COC(C)(C(=O)C=[N+]=[N-])OC1. The second kappa shape index (κ2) is 4.87. The summed E-state index contributed by atoms with van der Waals surface area (Å²) in [5.41, 5.74) is 8.31. The van der Waals surface area contributed by atoms with Crippen molar-refractivity contribution in [1.82, 2.24) is 0 Å². The molecule has 0 bridgehead atoms. The van der Waals surface area contributed by atoms with Crippen molar-refractivity contribution in [3.8, 4) is 0 Å². The van der Waals surface area contributed by atoms with E-state index in [1.807, 2.05) is 0 Å². The van der Waals surface area contributed by atoms with Crippen LogP contribution < -0.4 is 0 Å². The van der Waals surface area contributed by atoms with Gasteiger partial charge in [-0.2, -0.15) is 4.79 Å². The smallest absolute Gasteiger partial charge is 0.328 e. The highest BCUT2D eigenvalue weighted by Crippen LogP contribution is 2.35. The molecule has 0 radical (unpaired) electrons. The fourth-order valence-electron chi connectivity index (χ4n) is 1.64. The monoisotopic (exact) mass is 226 g/mol. The maximum absolute atomic E-state index is 11.5. The molecule has 0 aromatic carbocycles. The standard InChI is InChI=1S/C11H18N2O3/c1-4-11(5-2)7-15-10(3,16-8-11)9(14)6-13-12/h6H,4-5,7-8H2,1-3H3. The van der Waals surface area contributed by atoms with Crippen LogP contribution >= 0.6 is 0 Å². The van der Waals surface area contributed by atoms with Gasteiger partial charge in [0.25, 0.3) is 5.78 Å². The predicted molar refractivity (Wildman–Crippen MR) is 58.0 cm³/mol. The minimum Gasteiger partial charge on any atom is -0.361 e. The van der Waals surface area contributed by atoms with E-state index in [1.165, 1.54) is 0 Å². The van der Waals surface area contributed by atoms with Gasteiger partial charge in [-0.05, 0) is 19.8 Å². The van der Waals surface area contributed by atoms with Gasteiger partial charge in [0.05, 0.1) is 13.2 Å². The first-order chi connectivity index (χ1) is 7.52. The average molecular weight is 226 g/mol. The molecule has 1 aliphatic heterocycles. The summed E-state index contributed by atoms with van der Waals surface area (Å²) in [6.45, 7) is 6.68. The van der Waals surface area contributed by atoms with Gasteiger partial charge in [0.1, 0.15) is 0 Å². The first kappa shape index (κ1) is 13.0. The molecule has 0 amide bonds. The lowest BCUT2D eigenvalue weighted by atomic mass is 9.83. The minimum atomic E-state index is -1.31. The fourth-order valence-corrected chi connectivity index (χ4v) is 1.64. The van der Waals surface area contributed by atoms with E-state index in [2.05, 4.69) is 18.6 Å². The van der Waals surface area contributed by atoms with Crippen LogP contribution in [0.1, 0.15) is 33.6 Å². The summed E-state index contributed by atoms with van der Waals surface area (Å²) in [6, 6.07) is 0. The molecule has 1 saturated heterocycles. The van der Waals surface area contributed by atoms with E-state index >= 15 is 0 Å². The summed E-state index contributed by atoms with van der Waals surface area (Å²) in [6.07, 6.45) is 2.70. The zero-order valence-corrected chi connectivity index (χ0v) is 10.0. The van der Waals surface area contributed by atoms with Crippen LogP contribution in [0.25, 0.3) is 5.53 Å². The first-order valence-electron chi connectivity index (χ1n) is 5.52. The van der Waals surface area contributed by atoms with Gasteiger partial charge in [0, 0.05) is 5.41 Å². The molecule has 0 N–H and O–H groups in total. The van der Waals surface area contributed by atoms with Crippen LogP contribution in [0.3, 0.4) is 0 Å². The minimum absolute atomic E-state index is 0.00382. The lowest BCUT2D eigenvalue weighted by Crippen LogP contribution is -2.52. The molecular weight excluding hydrogens is 208 g/mol. The predicted octanol–water partition coefficient (Wildman–Crippen LogP) is 1.43. The van der Waals surface area contributed by atoms with E-state index in [1.54, 1.807) is 6.92 Å². The molecule has 0 aliphatic carbocycles. The number of hydrogen-bond donors (Lipinski definition) is 0. The summed E-state index contributed by atoms with van der Waals surface area (Å²) in [5, 5.41) is 0. The van der Waals surface area contributed by atoms with Gasteiger partial charge >= 0.3 is 6.21 Å². The van der Waals surface area contributed by atoms with E-state index in [-0.39, 0.29) is 5.41 Å². The maximum atomic E-state index is 11.5. The summed E-state index contributed by atoms with van der Waals surface area (Å²) >= 11 is 0. The molecule has 0 spiro atoms. The van der Waals surface area contributed by atoms with Crippen molar-refractivity contribution < 1.29 is 19.1 Å². The van der Waals surface area contributed by atoms with Crippen LogP contribution in [0, 0.1) is 5.41 Å². The number of hydrogen-bond acceptors (Lipinski definition) is 3. The zero-order chi connectivity index (χ0) is 12.2. The molecule has 1 heterocycles. The quantitative estimate of drug-likeness (QED) is 0.413.